The van der Waals surface area contributed by atoms with Crippen LogP contribution < -0.4 is 0 Å². The Morgan fingerprint density at radius 2 is 1.29 bits per heavy atom. The SMILES string of the molecule is CC(C)(C)c1cccc2oc(-c3ccc(-c4ccc5c(c4)c4ccccc4n5-c4ccccc4)cc3)nc12. The summed E-state index contributed by atoms with van der Waals surface area (Å²) in [6.45, 7) is 6.62. The standard InChI is InChI=1S/C35H28N2O/c1-35(2,3)29-13-9-15-32-33(29)36-34(38-32)24-18-16-23(17-19-24)25-20-21-31-28(22-25)27-12-7-8-14-30(27)37(31)26-10-5-4-6-11-26/h4-22H,1-3H3. The molecule has 3 heteroatoms. The minimum Gasteiger partial charge on any atom is -0.436 e. The summed E-state index contributed by atoms with van der Waals surface area (Å²) in [5, 5.41) is 2.51. The van der Waals surface area contributed by atoms with E-state index in [0.29, 0.717) is 5.89 Å². The highest BCUT2D eigenvalue weighted by atomic mass is 16.3. The van der Waals surface area contributed by atoms with Crippen molar-refractivity contribution in [3.63, 3.8) is 0 Å². The van der Waals surface area contributed by atoms with Crippen LogP contribution in [0.3, 0.4) is 0 Å². The van der Waals surface area contributed by atoms with Crippen LogP contribution in [0, 0.1) is 0 Å². The highest BCUT2D eigenvalue weighted by Crippen LogP contribution is 2.36. The number of hydrogen-bond donors (Lipinski definition) is 0. The van der Waals surface area contributed by atoms with Crippen molar-refractivity contribution in [2.75, 3.05) is 0 Å². The van der Waals surface area contributed by atoms with Gasteiger partial charge in [-0.25, -0.2) is 4.98 Å². The predicted octanol–water partition coefficient (Wildman–Crippen LogP) is 9.56. The molecule has 0 aliphatic rings. The van der Waals surface area contributed by atoms with Gasteiger partial charge in [-0.1, -0.05) is 87.5 Å². The summed E-state index contributed by atoms with van der Waals surface area (Å²) < 4.78 is 8.52. The molecule has 38 heavy (non-hydrogen) atoms. The number of hydrogen-bond acceptors (Lipinski definition) is 2. The summed E-state index contributed by atoms with van der Waals surface area (Å²) >= 11 is 0. The maximum absolute atomic E-state index is 6.17. The van der Waals surface area contributed by atoms with Gasteiger partial charge in [0.15, 0.2) is 5.58 Å². The van der Waals surface area contributed by atoms with Gasteiger partial charge in [-0.2, -0.15) is 0 Å². The van der Waals surface area contributed by atoms with Crippen LogP contribution in [0.1, 0.15) is 26.3 Å². The summed E-state index contributed by atoms with van der Waals surface area (Å²) in [5.41, 5.74) is 9.90. The van der Waals surface area contributed by atoms with Crippen molar-refractivity contribution < 1.29 is 4.42 Å². The number of oxazole rings is 1. The fourth-order valence-electron chi connectivity index (χ4n) is 5.49. The van der Waals surface area contributed by atoms with Crippen LogP contribution in [0.5, 0.6) is 0 Å². The van der Waals surface area contributed by atoms with E-state index < -0.39 is 0 Å². The Kier molecular flexibility index (Phi) is 5.02. The molecule has 2 heterocycles. The van der Waals surface area contributed by atoms with E-state index in [4.69, 9.17) is 9.40 Å². The fraction of sp³-hybridized carbons (Fsp3) is 0.114. The number of rotatable bonds is 3. The highest BCUT2D eigenvalue weighted by Gasteiger charge is 2.20. The average Bonchev–Trinajstić information content (AvgIpc) is 3.52. The van der Waals surface area contributed by atoms with Gasteiger partial charge in [0.1, 0.15) is 5.52 Å². The lowest BCUT2D eigenvalue weighted by Gasteiger charge is -2.18. The molecule has 7 rings (SSSR count). The molecular weight excluding hydrogens is 464 g/mol. The van der Waals surface area contributed by atoms with Crippen molar-refractivity contribution in [2.24, 2.45) is 0 Å². The lowest BCUT2D eigenvalue weighted by atomic mass is 9.86. The van der Waals surface area contributed by atoms with Crippen LogP contribution in [-0.2, 0) is 5.41 Å². The summed E-state index contributed by atoms with van der Waals surface area (Å²) in [7, 11) is 0. The summed E-state index contributed by atoms with van der Waals surface area (Å²) in [6, 6.07) is 40.7. The lowest BCUT2D eigenvalue weighted by molar-refractivity contribution is 0.593. The Morgan fingerprint density at radius 3 is 2.08 bits per heavy atom. The van der Waals surface area contributed by atoms with Crippen LogP contribution in [0.15, 0.2) is 120 Å². The van der Waals surface area contributed by atoms with Crippen molar-refractivity contribution >= 4 is 32.9 Å². The molecule has 0 atom stereocenters. The van der Waals surface area contributed by atoms with Gasteiger partial charge in [0.2, 0.25) is 5.89 Å². The predicted molar refractivity (Wildman–Crippen MR) is 158 cm³/mol. The van der Waals surface area contributed by atoms with Gasteiger partial charge in [0, 0.05) is 22.0 Å². The molecule has 0 unspecified atom stereocenters. The van der Waals surface area contributed by atoms with E-state index in [1.54, 1.807) is 0 Å². The molecule has 0 radical (unpaired) electrons. The minimum atomic E-state index is -0.000210. The highest BCUT2D eigenvalue weighted by molar-refractivity contribution is 6.10. The zero-order valence-corrected chi connectivity index (χ0v) is 21.8. The van der Waals surface area contributed by atoms with Crippen molar-refractivity contribution in [2.45, 2.75) is 26.2 Å². The molecule has 7 aromatic rings. The van der Waals surface area contributed by atoms with E-state index >= 15 is 0 Å². The first kappa shape index (κ1) is 22.6. The zero-order valence-electron chi connectivity index (χ0n) is 21.8. The molecule has 184 valence electrons. The molecular formula is C35H28N2O. The molecule has 3 nitrogen and oxygen atoms in total. The second-order valence-corrected chi connectivity index (χ2v) is 10.9. The van der Waals surface area contributed by atoms with Crippen LogP contribution in [0.4, 0.5) is 0 Å². The molecule has 0 saturated heterocycles. The Morgan fingerprint density at radius 1 is 0.605 bits per heavy atom. The topological polar surface area (TPSA) is 31.0 Å². The first-order chi connectivity index (χ1) is 18.5. The van der Waals surface area contributed by atoms with E-state index in [1.807, 2.05) is 12.1 Å². The van der Waals surface area contributed by atoms with Gasteiger partial charge in [0.05, 0.1) is 11.0 Å². The smallest absolute Gasteiger partial charge is 0.227 e. The normalized spacial score (nSPS) is 12.1. The molecule has 0 fully saturated rings. The molecule has 5 aromatic carbocycles. The van der Waals surface area contributed by atoms with Crippen LogP contribution in [-0.4, -0.2) is 9.55 Å². The largest absolute Gasteiger partial charge is 0.436 e. The fourth-order valence-corrected chi connectivity index (χ4v) is 5.49. The van der Waals surface area contributed by atoms with Crippen molar-refractivity contribution in [3.8, 4) is 28.3 Å². The van der Waals surface area contributed by atoms with Gasteiger partial charge in [-0.15, -0.1) is 0 Å². The second-order valence-electron chi connectivity index (χ2n) is 10.9. The molecule has 0 aliphatic carbocycles. The summed E-state index contributed by atoms with van der Waals surface area (Å²) in [5.74, 6) is 0.657. The second kappa shape index (κ2) is 8.46. The monoisotopic (exact) mass is 492 g/mol. The number of benzene rings is 5. The van der Waals surface area contributed by atoms with Gasteiger partial charge in [0.25, 0.3) is 0 Å². The lowest BCUT2D eigenvalue weighted by Crippen LogP contribution is -2.11. The minimum absolute atomic E-state index is 0.000210. The maximum Gasteiger partial charge on any atom is 0.227 e. The Labute approximate surface area is 222 Å². The third-order valence-electron chi connectivity index (χ3n) is 7.38. The van der Waals surface area contributed by atoms with E-state index in [1.165, 1.54) is 44.2 Å². The van der Waals surface area contributed by atoms with Crippen LogP contribution >= 0.6 is 0 Å². The van der Waals surface area contributed by atoms with Crippen molar-refractivity contribution in [1.82, 2.24) is 9.55 Å². The van der Waals surface area contributed by atoms with E-state index in [9.17, 15) is 0 Å². The number of para-hydroxylation sites is 3. The van der Waals surface area contributed by atoms with Gasteiger partial charge >= 0.3 is 0 Å². The number of nitrogens with zero attached hydrogens (tertiary/aromatic N) is 2. The third-order valence-corrected chi connectivity index (χ3v) is 7.38. The number of fused-ring (bicyclic) bond motifs is 4. The van der Waals surface area contributed by atoms with Gasteiger partial charge in [-0.05, 0) is 70.6 Å². The summed E-state index contributed by atoms with van der Waals surface area (Å²) in [4.78, 5) is 4.89. The Bertz CT molecular complexity index is 1930. The third kappa shape index (κ3) is 3.62. The molecule has 0 saturated carbocycles. The Hall–Kier alpha value is -4.63. The van der Waals surface area contributed by atoms with E-state index in [0.717, 1.165) is 16.7 Å². The van der Waals surface area contributed by atoms with E-state index in [2.05, 4.69) is 128 Å². The molecule has 2 aromatic heterocycles. The maximum atomic E-state index is 6.17. The van der Waals surface area contributed by atoms with Crippen molar-refractivity contribution in [1.29, 1.82) is 0 Å². The average molecular weight is 493 g/mol. The Balaban J connectivity index is 1.30. The quantitative estimate of drug-likeness (QED) is 0.246. The van der Waals surface area contributed by atoms with Crippen LogP contribution in [0.2, 0.25) is 0 Å². The van der Waals surface area contributed by atoms with Gasteiger partial charge < -0.3 is 8.98 Å². The first-order valence-corrected chi connectivity index (χ1v) is 13.1. The van der Waals surface area contributed by atoms with E-state index in [-0.39, 0.29) is 5.41 Å². The molecule has 0 spiro atoms. The van der Waals surface area contributed by atoms with Crippen molar-refractivity contribution in [3.05, 3.63) is 121 Å². The zero-order chi connectivity index (χ0) is 25.9. The van der Waals surface area contributed by atoms with Gasteiger partial charge in [-0.3, -0.25) is 0 Å². The van der Waals surface area contributed by atoms with Crippen LogP contribution in [0.25, 0.3) is 61.2 Å². The molecule has 0 N–H and O–H groups in total. The molecule has 0 bridgehead atoms. The molecule has 0 aliphatic heterocycles. The summed E-state index contributed by atoms with van der Waals surface area (Å²) in [6.07, 6.45) is 0. The number of aromatic nitrogens is 2. The molecule has 0 amide bonds. The first-order valence-electron chi connectivity index (χ1n) is 13.1.